The third-order valence-corrected chi connectivity index (χ3v) is 1.84. The zero-order valence-electron chi connectivity index (χ0n) is 8.54. The van der Waals surface area contributed by atoms with Gasteiger partial charge < -0.3 is 9.52 Å². The summed E-state index contributed by atoms with van der Waals surface area (Å²) < 4.78 is 5.13. The number of aromatic nitrogens is 3. The lowest BCUT2D eigenvalue weighted by molar-refractivity contribution is -0.136. The average Bonchev–Trinajstić information content (AvgIpc) is 2.67. The van der Waals surface area contributed by atoms with E-state index >= 15 is 0 Å². The van der Waals surface area contributed by atoms with Crippen molar-refractivity contribution in [1.29, 1.82) is 0 Å². The monoisotopic (exact) mass is 219 g/mol. The van der Waals surface area contributed by atoms with Crippen LogP contribution in [0.25, 0.3) is 11.6 Å². The van der Waals surface area contributed by atoms with Crippen LogP contribution < -0.4 is 0 Å². The molecule has 6 nitrogen and oxygen atoms in total. The number of carbonyl (C=O) groups is 1. The van der Waals surface area contributed by atoms with Crippen molar-refractivity contribution < 1.29 is 14.3 Å². The van der Waals surface area contributed by atoms with Gasteiger partial charge in [0.25, 0.3) is 0 Å². The van der Waals surface area contributed by atoms with E-state index in [0.717, 1.165) is 0 Å². The summed E-state index contributed by atoms with van der Waals surface area (Å²) in [4.78, 5) is 22.6. The normalized spacial score (nSPS) is 10.3. The zero-order valence-corrected chi connectivity index (χ0v) is 8.54. The highest BCUT2D eigenvalue weighted by Crippen LogP contribution is 2.14. The first-order valence-corrected chi connectivity index (χ1v) is 4.62. The van der Waals surface area contributed by atoms with Crippen molar-refractivity contribution in [2.75, 3.05) is 0 Å². The molecule has 2 heterocycles. The van der Waals surface area contributed by atoms with Gasteiger partial charge >= 0.3 is 5.97 Å². The number of hydrogen-bond acceptors (Lipinski definition) is 5. The molecule has 0 radical (unpaired) electrons. The molecule has 2 rings (SSSR count). The predicted molar refractivity (Wildman–Crippen MR) is 53.6 cm³/mol. The third-order valence-electron chi connectivity index (χ3n) is 1.84. The van der Waals surface area contributed by atoms with E-state index in [0.29, 0.717) is 17.4 Å². The van der Waals surface area contributed by atoms with Crippen LogP contribution in [0.5, 0.6) is 0 Å². The molecule has 0 aliphatic heterocycles. The van der Waals surface area contributed by atoms with Crippen LogP contribution in [0.4, 0.5) is 0 Å². The number of carboxylic acids is 1. The van der Waals surface area contributed by atoms with Gasteiger partial charge in [0.2, 0.25) is 0 Å². The largest absolute Gasteiger partial charge is 0.481 e. The minimum atomic E-state index is -0.976. The number of aryl methyl sites for hydroxylation is 1. The average molecular weight is 219 g/mol. The molecule has 0 bridgehead atoms. The smallest absolute Gasteiger partial charge is 0.311 e. The summed E-state index contributed by atoms with van der Waals surface area (Å²) in [6, 6.07) is 3.42. The number of carboxylic acid groups (broad SMARTS) is 1. The van der Waals surface area contributed by atoms with E-state index in [2.05, 4.69) is 15.0 Å². The molecule has 0 unspecified atom stereocenters. The van der Waals surface area contributed by atoms with Crippen LogP contribution in [-0.2, 0) is 11.2 Å². The van der Waals surface area contributed by atoms with Gasteiger partial charge in [-0.05, 0) is 19.1 Å². The molecular formula is C10H9N3O3. The number of hydrogen-bond donors (Lipinski definition) is 1. The molecule has 2 aromatic heterocycles. The maximum Gasteiger partial charge on any atom is 0.311 e. The first kappa shape index (κ1) is 10.3. The van der Waals surface area contributed by atoms with Crippen LogP contribution in [0, 0.1) is 6.92 Å². The molecule has 82 valence electrons. The predicted octanol–water partition coefficient (Wildman–Crippen LogP) is 1.07. The Morgan fingerprint density at radius 2 is 2.25 bits per heavy atom. The molecular weight excluding hydrogens is 210 g/mol. The topological polar surface area (TPSA) is 89.1 Å². The summed E-state index contributed by atoms with van der Waals surface area (Å²) in [6.07, 6.45) is 1.28. The Hall–Kier alpha value is -2.24. The van der Waals surface area contributed by atoms with Crippen LogP contribution in [0.15, 0.2) is 22.8 Å². The van der Waals surface area contributed by atoms with Gasteiger partial charge in [-0.3, -0.25) is 4.79 Å². The fourth-order valence-electron chi connectivity index (χ4n) is 1.27. The van der Waals surface area contributed by atoms with Crippen LogP contribution in [0.2, 0.25) is 0 Å². The Kier molecular flexibility index (Phi) is 2.63. The number of nitrogens with zero attached hydrogens (tertiary/aromatic N) is 3. The van der Waals surface area contributed by atoms with Crippen LogP contribution in [0.1, 0.15) is 11.6 Å². The molecule has 0 aliphatic rings. The minimum absolute atomic E-state index is 0.225. The molecule has 0 aliphatic carbocycles. The molecule has 16 heavy (non-hydrogen) atoms. The van der Waals surface area contributed by atoms with Gasteiger partial charge in [-0.2, -0.15) is 0 Å². The summed E-state index contributed by atoms with van der Waals surface area (Å²) in [5.74, 6) is 0.575. The first-order valence-electron chi connectivity index (χ1n) is 4.62. The molecule has 0 fully saturated rings. The van der Waals surface area contributed by atoms with Gasteiger partial charge in [0, 0.05) is 0 Å². The summed E-state index contributed by atoms with van der Waals surface area (Å²) >= 11 is 0. The van der Waals surface area contributed by atoms with Gasteiger partial charge in [0.15, 0.2) is 11.6 Å². The van der Waals surface area contributed by atoms with E-state index in [4.69, 9.17) is 9.52 Å². The molecule has 0 atom stereocenters. The Balaban J connectivity index is 2.40. The van der Waals surface area contributed by atoms with Gasteiger partial charge in [-0.15, -0.1) is 0 Å². The molecule has 0 amide bonds. The van der Waals surface area contributed by atoms with E-state index in [1.807, 2.05) is 0 Å². The van der Waals surface area contributed by atoms with Crippen molar-refractivity contribution in [3.8, 4) is 11.6 Å². The lowest BCUT2D eigenvalue weighted by Crippen LogP contribution is -2.08. The standard InChI is InChI=1S/C10H9N3O3/c1-6-11-8(5-9(14)15)13-10(12-6)7-3-2-4-16-7/h2-4H,5H2,1H3,(H,14,15). The molecule has 0 spiro atoms. The van der Waals surface area contributed by atoms with Crippen molar-refractivity contribution >= 4 is 5.97 Å². The Labute approximate surface area is 91.0 Å². The lowest BCUT2D eigenvalue weighted by atomic mass is 10.3. The van der Waals surface area contributed by atoms with Gasteiger partial charge in [-0.25, -0.2) is 15.0 Å². The van der Waals surface area contributed by atoms with E-state index in [1.165, 1.54) is 6.26 Å². The van der Waals surface area contributed by atoms with E-state index in [1.54, 1.807) is 19.1 Å². The first-order chi connectivity index (χ1) is 7.65. The highest BCUT2D eigenvalue weighted by atomic mass is 16.4. The molecule has 0 aromatic carbocycles. The van der Waals surface area contributed by atoms with Gasteiger partial charge in [-0.1, -0.05) is 0 Å². The van der Waals surface area contributed by atoms with E-state index in [-0.39, 0.29) is 12.2 Å². The van der Waals surface area contributed by atoms with E-state index < -0.39 is 5.97 Å². The maximum absolute atomic E-state index is 10.6. The summed E-state index contributed by atoms with van der Waals surface area (Å²) in [6.45, 7) is 1.68. The van der Waals surface area contributed by atoms with Gasteiger partial charge in [0.05, 0.1) is 6.26 Å². The van der Waals surface area contributed by atoms with Gasteiger partial charge in [0.1, 0.15) is 18.1 Å². The summed E-state index contributed by atoms with van der Waals surface area (Å²) in [5.41, 5.74) is 0. The molecule has 0 saturated carbocycles. The fraction of sp³-hybridized carbons (Fsp3) is 0.200. The number of furan rings is 1. The second-order valence-corrected chi connectivity index (χ2v) is 3.17. The summed E-state index contributed by atoms with van der Waals surface area (Å²) in [7, 11) is 0. The summed E-state index contributed by atoms with van der Waals surface area (Å²) in [5, 5.41) is 8.66. The second kappa shape index (κ2) is 4.09. The van der Waals surface area contributed by atoms with Crippen LogP contribution in [-0.4, -0.2) is 26.0 Å². The Morgan fingerprint density at radius 3 is 2.88 bits per heavy atom. The van der Waals surface area contributed by atoms with Crippen LogP contribution in [0.3, 0.4) is 0 Å². The number of aliphatic carboxylic acids is 1. The molecule has 2 aromatic rings. The quantitative estimate of drug-likeness (QED) is 0.830. The van der Waals surface area contributed by atoms with Crippen molar-refractivity contribution in [3.63, 3.8) is 0 Å². The molecule has 0 saturated heterocycles. The number of rotatable bonds is 3. The molecule has 1 N–H and O–H groups in total. The van der Waals surface area contributed by atoms with Crippen molar-refractivity contribution in [3.05, 3.63) is 30.0 Å². The molecule has 6 heteroatoms. The van der Waals surface area contributed by atoms with Crippen molar-refractivity contribution in [1.82, 2.24) is 15.0 Å². The third kappa shape index (κ3) is 2.22. The highest BCUT2D eigenvalue weighted by Gasteiger charge is 2.10. The fourth-order valence-corrected chi connectivity index (χ4v) is 1.27. The highest BCUT2D eigenvalue weighted by molar-refractivity contribution is 5.69. The minimum Gasteiger partial charge on any atom is -0.481 e. The van der Waals surface area contributed by atoms with E-state index in [9.17, 15) is 4.79 Å². The Morgan fingerprint density at radius 1 is 1.44 bits per heavy atom. The second-order valence-electron chi connectivity index (χ2n) is 3.17. The van der Waals surface area contributed by atoms with Crippen molar-refractivity contribution in [2.24, 2.45) is 0 Å². The SMILES string of the molecule is Cc1nc(CC(=O)O)nc(-c2ccco2)n1. The maximum atomic E-state index is 10.6. The lowest BCUT2D eigenvalue weighted by Gasteiger charge is -2.00. The Bertz CT molecular complexity index is 508. The van der Waals surface area contributed by atoms with Crippen molar-refractivity contribution in [2.45, 2.75) is 13.3 Å². The zero-order chi connectivity index (χ0) is 11.5. The van der Waals surface area contributed by atoms with Crippen LogP contribution >= 0.6 is 0 Å².